The third kappa shape index (κ3) is 8.16. The average Bonchev–Trinajstić information content (AvgIpc) is 2.60. The molecule has 1 unspecified atom stereocenters. The first kappa shape index (κ1) is 25.0. The minimum Gasteiger partial charge on any atom is -0.377 e. The summed E-state index contributed by atoms with van der Waals surface area (Å²) in [5, 5.41) is 12.5. The van der Waals surface area contributed by atoms with E-state index in [9.17, 15) is 22.5 Å². The number of esters is 1. The maximum Gasteiger partial charge on any atom is 0.160 e. The second kappa shape index (κ2) is 11.2. The van der Waals surface area contributed by atoms with Gasteiger partial charge < -0.3 is 11.5 Å². The number of carbonyl (C=O) groups is 2. The monoisotopic (exact) mass is 499 g/mol. The summed E-state index contributed by atoms with van der Waals surface area (Å²) >= 11 is -1.07. The minimum atomic E-state index is -5.16. The standard InChI is InChI=1S/C17H18AsNO7.CH4N2S/c1-3-25-17(22)12-5-4-6-14(9-12)26-18(23,24)15-8-7-13(10-16(15)21)19-11(2)20;2-1(3)4/h4-10,21H,3H2,1-2H3,(H,19,20)(H,23,24);(H4,2,3,4). The molecule has 0 aromatic heterocycles. The number of nitrogens with two attached hydrogens (primary N) is 2. The molecule has 2 rings (SSSR count). The second-order valence-electron chi connectivity index (χ2n) is 5.65. The Kier molecular flexibility index (Phi) is 9.38. The molecule has 10 nitrogen and oxygen atoms in total. The molecule has 0 aliphatic heterocycles. The van der Waals surface area contributed by atoms with Crippen molar-refractivity contribution in [2.45, 2.75) is 13.8 Å². The molecule has 30 heavy (non-hydrogen) atoms. The van der Waals surface area contributed by atoms with Crippen LogP contribution < -0.4 is 24.9 Å². The van der Waals surface area contributed by atoms with E-state index < -0.39 is 25.9 Å². The molecule has 0 bridgehead atoms. The number of hydrogen-bond donors (Lipinski definition) is 5. The molecule has 2 aromatic rings. The SMILES string of the molecule is CCOC(=O)c1cccc(O[As](=O)(O)c2ccc(NC(C)=O)cc2O)c1.NC(N)=S. The van der Waals surface area contributed by atoms with Gasteiger partial charge in [-0.1, -0.05) is 0 Å². The molecule has 0 aliphatic rings. The fraction of sp³-hybridized carbons (Fsp3) is 0.167. The molecule has 0 radical (unpaired) electrons. The number of carbonyl (C=O) groups excluding carboxylic acids is 2. The fourth-order valence-electron chi connectivity index (χ4n) is 2.13. The van der Waals surface area contributed by atoms with Gasteiger partial charge in [0.1, 0.15) is 0 Å². The van der Waals surface area contributed by atoms with Crippen molar-refractivity contribution in [3.8, 4) is 11.5 Å². The van der Waals surface area contributed by atoms with Crippen molar-refractivity contribution in [1.82, 2.24) is 0 Å². The Hall–Kier alpha value is -3.01. The van der Waals surface area contributed by atoms with Crippen molar-refractivity contribution in [3.63, 3.8) is 0 Å². The smallest absolute Gasteiger partial charge is 0.160 e. The van der Waals surface area contributed by atoms with Gasteiger partial charge in [-0.15, -0.1) is 0 Å². The third-order valence-corrected chi connectivity index (χ3v) is 6.21. The fourth-order valence-corrected chi connectivity index (χ4v) is 4.47. The first-order valence-electron chi connectivity index (χ1n) is 8.42. The number of phenols is 1. The van der Waals surface area contributed by atoms with Gasteiger partial charge in [-0.3, -0.25) is 0 Å². The van der Waals surface area contributed by atoms with Gasteiger partial charge >= 0.3 is 152 Å². The number of aromatic hydroxyl groups is 1. The Labute approximate surface area is 181 Å². The zero-order valence-corrected chi connectivity index (χ0v) is 18.9. The summed E-state index contributed by atoms with van der Waals surface area (Å²) in [4.78, 5) is 22.8. The summed E-state index contributed by atoms with van der Waals surface area (Å²) in [5.74, 6) is -1.42. The van der Waals surface area contributed by atoms with E-state index in [2.05, 4.69) is 29.0 Å². The topological polar surface area (TPSA) is 174 Å². The number of hydrogen-bond acceptors (Lipinski definition) is 7. The zero-order valence-electron chi connectivity index (χ0n) is 16.2. The molecule has 0 saturated heterocycles. The van der Waals surface area contributed by atoms with Gasteiger partial charge in [0.05, 0.1) is 0 Å². The first-order chi connectivity index (χ1) is 14.0. The number of benzene rings is 2. The number of phenolic OH excluding ortho intramolecular Hbond substituents is 1. The maximum atomic E-state index is 12.6. The van der Waals surface area contributed by atoms with Crippen LogP contribution in [0.3, 0.4) is 0 Å². The molecular formula is C18H22AsN3O7S. The largest absolute Gasteiger partial charge is 0.377 e. The first-order valence-corrected chi connectivity index (χ1v) is 12.1. The van der Waals surface area contributed by atoms with E-state index >= 15 is 0 Å². The molecule has 0 saturated carbocycles. The average molecular weight is 499 g/mol. The van der Waals surface area contributed by atoms with Crippen LogP contribution in [0.25, 0.3) is 0 Å². The summed E-state index contributed by atoms with van der Waals surface area (Å²) in [7, 11) is 0. The van der Waals surface area contributed by atoms with Crippen molar-refractivity contribution in [2.75, 3.05) is 11.9 Å². The minimum absolute atomic E-state index is 0.000000000000000222. The number of anilines is 1. The van der Waals surface area contributed by atoms with Crippen LogP contribution in [-0.2, 0) is 13.3 Å². The summed E-state index contributed by atoms with van der Waals surface area (Å²) in [6.07, 6.45) is 0. The molecule has 12 heteroatoms. The molecule has 1 amide bonds. The predicted octanol–water partition coefficient (Wildman–Crippen LogP) is 0.364. The normalized spacial score (nSPS) is 11.8. The van der Waals surface area contributed by atoms with Crippen LogP contribution in [0.5, 0.6) is 11.5 Å². The van der Waals surface area contributed by atoms with E-state index in [1.807, 2.05) is 0 Å². The quantitative estimate of drug-likeness (QED) is 0.212. The molecular weight excluding hydrogens is 477 g/mol. The molecule has 1 atom stereocenters. The van der Waals surface area contributed by atoms with Gasteiger partial charge in [0.15, 0.2) is 5.11 Å². The van der Waals surface area contributed by atoms with Crippen molar-refractivity contribution in [1.29, 1.82) is 0 Å². The van der Waals surface area contributed by atoms with Gasteiger partial charge in [-0.25, -0.2) is 0 Å². The number of ether oxygens (including phenoxy) is 1. The van der Waals surface area contributed by atoms with Crippen LogP contribution in [-0.4, -0.2) is 47.0 Å². The van der Waals surface area contributed by atoms with Crippen molar-refractivity contribution >= 4 is 53.4 Å². The molecule has 0 fully saturated rings. The zero-order chi connectivity index (χ0) is 22.9. The Balaban J connectivity index is 0.00000103. The van der Waals surface area contributed by atoms with Crippen LogP contribution in [0.4, 0.5) is 5.69 Å². The molecule has 0 spiro atoms. The van der Waals surface area contributed by atoms with Crippen LogP contribution in [0.2, 0.25) is 0 Å². The van der Waals surface area contributed by atoms with Crippen LogP contribution >= 0.6 is 12.2 Å². The van der Waals surface area contributed by atoms with Crippen molar-refractivity contribution < 1.29 is 31.0 Å². The summed E-state index contributed by atoms with van der Waals surface area (Å²) in [6.45, 7) is 3.16. The molecule has 162 valence electrons. The Morgan fingerprint density at radius 2 is 1.83 bits per heavy atom. The van der Waals surface area contributed by atoms with Crippen LogP contribution in [0.15, 0.2) is 42.5 Å². The van der Waals surface area contributed by atoms with E-state index in [0.29, 0.717) is 0 Å². The second-order valence-corrected chi connectivity index (χ2v) is 9.70. The van der Waals surface area contributed by atoms with Gasteiger partial charge in [-0.05, 0) is 12.2 Å². The van der Waals surface area contributed by atoms with E-state index in [0.717, 1.165) is 6.07 Å². The molecule has 0 aliphatic carbocycles. The number of nitrogens with one attached hydrogen (secondary N) is 1. The number of thiocarbonyl (C=S) groups is 1. The summed E-state index contributed by atoms with van der Waals surface area (Å²) in [6, 6.07) is 9.39. The van der Waals surface area contributed by atoms with E-state index in [-0.39, 0.29) is 39.0 Å². The Morgan fingerprint density at radius 3 is 2.37 bits per heavy atom. The van der Waals surface area contributed by atoms with Gasteiger partial charge in [-0.2, -0.15) is 0 Å². The van der Waals surface area contributed by atoms with Gasteiger partial charge in [0.25, 0.3) is 0 Å². The molecule has 2 aromatic carbocycles. The summed E-state index contributed by atoms with van der Waals surface area (Å²) in [5.41, 5.74) is 9.69. The van der Waals surface area contributed by atoms with Crippen molar-refractivity contribution in [3.05, 3.63) is 48.0 Å². The Bertz CT molecular complexity index is 980. The number of rotatable bonds is 6. The van der Waals surface area contributed by atoms with Crippen LogP contribution in [0.1, 0.15) is 24.2 Å². The third-order valence-electron chi connectivity index (χ3n) is 3.17. The molecule has 0 heterocycles. The van der Waals surface area contributed by atoms with E-state index in [4.69, 9.17) is 8.46 Å². The van der Waals surface area contributed by atoms with Crippen LogP contribution in [0, 0.1) is 0 Å². The Morgan fingerprint density at radius 1 is 1.20 bits per heavy atom. The number of amides is 1. The van der Waals surface area contributed by atoms with Gasteiger partial charge in [0.2, 0.25) is 0 Å². The maximum absolute atomic E-state index is 12.6. The molecule has 7 N–H and O–H groups in total. The predicted molar refractivity (Wildman–Crippen MR) is 115 cm³/mol. The van der Waals surface area contributed by atoms with E-state index in [1.165, 1.54) is 43.3 Å². The van der Waals surface area contributed by atoms with Gasteiger partial charge in [0, 0.05) is 0 Å². The van der Waals surface area contributed by atoms with Crippen molar-refractivity contribution in [2.24, 2.45) is 11.5 Å². The summed E-state index contributed by atoms with van der Waals surface area (Å²) < 4.78 is 32.6. The van der Waals surface area contributed by atoms with E-state index in [1.54, 1.807) is 6.92 Å².